The molecule has 80 valence electrons. The highest BCUT2D eigenvalue weighted by atomic mass is 16.7. The third-order valence-corrected chi connectivity index (χ3v) is 1.86. The Balaban J connectivity index is 3.33. The van der Waals surface area contributed by atoms with E-state index < -0.39 is 9.96 Å². The molecule has 1 N–H and O–H groups in total. The molecule has 0 radical (unpaired) electrons. The van der Waals surface area contributed by atoms with Crippen LogP contribution < -0.4 is 5.43 Å². The maximum atomic E-state index is 10.7. The van der Waals surface area contributed by atoms with Crippen LogP contribution in [0.3, 0.4) is 0 Å². The molecule has 0 amide bonds. The number of aryl methyl sites for hydroxylation is 2. The number of hydrogen-bond acceptors (Lipinski definition) is 4. The van der Waals surface area contributed by atoms with E-state index in [1.54, 1.807) is 19.9 Å². The SMILES string of the molecule is Cc1cc(C)c(N[N+](=O)[O-])c([N+](=O)[O-])c1. The predicted molar refractivity (Wildman–Crippen MR) is 53.2 cm³/mol. The predicted octanol–water partition coefficient (Wildman–Crippen LogP) is 1.82. The van der Waals surface area contributed by atoms with Crippen molar-refractivity contribution >= 4 is 11.4 Å². The van der Waals surface area contributed by atoms with Crippen LogP contribution in [0.5, 0.6) is 0 Å². The Labute approximate surface area is 85.0 Å². The van der Waals surface area contributed by atoms with Gasteiger partial charge in [0.2, 0.25) is 0 Å². The monoisotopic (exact) mass is 211 g/mol. The van der Waals surface area contributed by atoms with E-state index in [1.807, 2.05) is 5.43 Å². The van der Waals surface area contributed by atoms with Gasteiger partial charge >= 0.3 is 0 Å². The van der Waals surface area contributed by atoms with Gasteiger partial charge in [-0.2, -0.15) is 0 Å². The molecule has 0 aliphatic carbocycles. The number of hydrazine groups is 1. The van der Waals surface area contributed by atoms with Gasteiger partial charge in [0.15, 0.2) is 10.7 Å². The third kappa shape index (κ3) is 2.39. The highest BCUT2D eigenvalue weighted by Gasteiger charge is 2.20. The van der Waals surface area contributed by atoms with Gasteiger partial charge in [-0.15, -0.1) is 5.43 Å². The Kier molecular flexibility index (Phi) is 2.84. The summed E-state index contributed by atoms with van der Waals surface area (Å²) in [6.07, 6.45) is 0. The quantitative estimate of drug-likeness (QED) is 0.607. The molecule has 1 aromatic rings. The summed E-state index contributed by atoms with van der Waals surface area (Å²) >= 11 is 0. The van der Waals surface area contributed by atoms with Crippen LogP contribution in [0.4, 0.5) is 11.4 Å². The zero-order chi connectivity index (χ0) is 11.6. The molecule has 7 nitrogen and oxygen atoms in total. The lowest BCUT2D eigenvalue weighted by Gasteiger charge is -2.04. The van der Waals surface area contributed by atoms with Gasteiger partial charge in [-0.1, -0.05) is 6.07 Å². The van der Waals surface area contributed by atoms with Crippen LogP contribution in [0.1, 0.15) is 11.1 Å². The molecule has 0 atom stereocenters. The molecule has 1 aromatic carbocycles. The lowest BCUT2D eigenvalue weighted by molar-refractivity contribution is -0.447. The summed E-state index contributed by atoms with van der Waals surface area (Å²) in [7, 11) is 0. The van der Waals surface area contributed by atoms with Gasteiger partial charge in [0.25, 0.3) is 5.69 Å². The molecule has 7 heteroatoms. The normalized spacial score (nSPS) is 9.73. The highest BCUT2D eigenvalue weighted by molar-refractivity contribution is 5.66. The van der Waals surface area contributed by atoms with Crippen molar-refractivity contribution in [3.63, 3.8) is 0 Å². The van der Waals surface area contributed by atoms with Gasteiger partial charge in [-0.05, 0) is 25.0 Å². The molecule has 0 bridgehead atoms. The molecular formula is C8H9N3O4. The van der Waals surface area contributed by atoms with Crippen molar-refractivity contribution < 1.29 is 9.96 Å². The number of anilines is 1. The molecule has 1 rings (SSSR count). The van der Waals surface area contributed by atoms with E-state index in [2.05, 4.69) is 0 Å². The van der Waals surface area contributed by atoms with Crippen LogP contribution >= 0.6 is 0 Å². The fraction of sp³-hybridized carbons (Fsp3) is 0.250. The smallest absolute Gasteiger partial charge is 0.258 e. The summed E-state index contributed by atoms with van der Waals surface area (Å²) in [6.45, 7) is 3.27. The van der Waals surface area contributed by atoms with Gasteiger partial charge in [0, 0.05) is 6.07 Å². The second kappa shape index (κ2) is 3.91. The number of nitrogens with zero attached hydrogens (tertiary/aromatic N) is 2. The van der Waals surface area contributed by atoms with Gasteiger partial charge in [-0.25, -0.2) is 10.1 Å². The van der Waals surface area contributed by atoms with Crippen molar-refractivity contribution in [1.82, 2.24) is 0 Å². The van der Waals surface area contributed by atoms with Gasteiger partial charge < -0.3 is 0 Å². The summed E-state index contributed by atoms with van der Waals surface area (Å²) in [5, 5.41) is 20.1. The first-order valence-electron chi connectivity index (χ1n) is 4.08. The first-order chi connectivity index (χ1) is 6.91. The van der Waals surface area contributed by atoms with E-state index in [1.165, 1.54) is 6.07 Å². The minimum Gasteiger partial charge on any atom is -0.258 e. The number of rotatable bonds is 3. The second-order valence-corrected chi connectivity index (χ2v) is 3.10. The zero-order valence-electron chi connectivity index (χ0n) is 8.18. The second-order valence-electron chi connectivity index (χ2n) is 3.10. The van der Waals surface area contributed by atoms with Crippen molar-refractivity contribution in [3.8, 4) is 0 Å². The van der Waals surface area contributed by atoms with E-state index >= 15 is 0 Å². The van der Waals surface area contributed by atoms with Crippen LogP contribution in [0, 0.1) is 34.1 Å². The van der Waals surface area contributed by atoms with E-state index in [4.69, 9.17) is 0 Å². The topological polar surface area (TPSA) is 98.3 Å². The molecular weight excluding hydrogens is 202 g/mol. The Hall–Kier alpha value is -2.18. The molecule has 0 saturated heterocycles. The zero-order valence-corrected chi connectivity index (χ0v) is 8.18. The summed E-state index contributed by atoms with van der Waals surface area (Å²) in [5.74, 6) is 0. The van der Waals surface area contributed by atoms with Gasteiger partial charge in [-0.3, -0.25) is 10.1 Å². The van der Waals surface area contributed by atoms with Crippen molar-refractivity contribution in [1.29, 1.82) is 0 Å². The fourth-order valence-corrected chi connectivity index (χ4v) is 1.33. The Bertz CT molecular complexity index is 430. The van der Waals surface area contributed by atoms with Crippen LogP contribution in [-0.4, -0.2) is 9.96 Å². The summed E-state index contributed by atoms with van der Waals surface area (Å²) in [5.41, 5.74) is 2.63. The van der Waals surface area contributed by atoms with Crippen molar-refractivity contribution in [2.45, 2.75) is 13.8 Å². The molecule has 0 fully saturated rings. The van der Waals surface area contributed by atoms with Crippen molar-refractivity contribution in [2.75, 3.05) is 5.43 Å². The summed E-state index contributed by atoms with van der Waals surface area (Å²) < 4.78 is 0. The van der Waals surface area contributed by atoms with E-state index in [0.717, 1.165) is 0 Å². The Morgan fingerprint density at radius 2 is 1.80 bits per heavy atom. The first-order valence-corrected chi connectivity index (χ1v) is 4.08. The molecule has 0 aromatic heterocycles. The average Bonchev–Trinajstić information content (AvgIpc) is 2.08. The number of nitrogens with one attached hydrogen (secondary N) is 1. The maximum absolute atomic E-state index is 10.7. The summed E-state index contributed by atoms with van der Waals surface area (Å²) in [4.78, 5) is 20.3. The molecule has 0 heterocycles. The minimum absolute atomic E-state index is 0.0735. The van der Waals surface area contributed by atoms with Crippen LogP contribution in [0.15, 0.2) is 12.1 Å². The maximum Gasteiger partial charge on any atom is 0.298 e. The highest BCUT2D eigenvalue weighted by Crippen LogP contribution is 2.29. The molecule has 0 saturated carbocycles. The number of nitro groups is 2. The molecule has 0 aliphatic heterocycles. The average molecular weight is 211 g/mol. The van der Waals surface area contributed by atoms with E-state index in [0.29, 0.717) is 11.1 Å². The van der Waals surface area contributed by atoms with Crippen molar-refractivity contribution in [2.24, 2.45) is 0 Å². The lowest BCUT2D eigenvalue weighted by atomic mass is 10.1. The Morgan fingerprint density at radius 1 is 1.20 bits per heavy atom. The molecule has 0 unspecified atom stereocenters. The van der Waals surface area contributed by atoms with Gasteiger partial charge in [0.05, 0.1) is 4.92 Å². The third-order valence-electron chi connectivity index (χ3n) is 1.86. The van der Waals surface area contributed by atoms with Crippen LogP contribution in [0.2, 0.25) is 0 Å². The fourth-order valence-electron chi connectivity index (χ4n) is 1.33. The molecule has 15 heavy (non-hydrogen) atoms. The largest absolute Gasteiger partial charge is 0.298 e. The summed E-state index contributed by atoms with van der Waals surface area (Å²) in [6, 6.07) is 2.93. The number of hydrogen-bond donors (Lipinski definition) is 1. The lowest BCUT2D eigenvalue weighted by Crippen LogP contribution is -2.11. The molecule has 0 spiro atoms. The first kappa shape index (κ1) is 10.9. The standard InChI is InChI=1S/C8H9N3O4/c1-5-3-6(2)8(9-11(14)15)7(4-5)10(12)13/h3-4,9H,1-2H3. The number of nitro benzene ring substituents is 1. The minimum atomic E-state index is -0.815. The molecule has 0 aliphatic rings. The van der Waals surface area contributed by atoms with Crippen LogP contribution in [0.25, 0.3) is 0 Å². The van der Waals surface area contributed by atoms with E-state index in [-0.39, 0.29) is 11.4 Å². The van der Waals surface area contributed by atoms with E-state index in [9.17, 15) is 20.2 Å². The Morgan fingerprint density at radius 3 is 2.27 bits per heavy atom. The van der Waals surface area contributed by atoms with Crippen LogP contribution in [-0.2, 0) is 0 Å². The van der Waals surface area contributed by atoms with Gasteiger partial charge in [0.1, 0.15) is 0 Å². The number of benzene rings is 1. The van der Waals surface area contributed by atoms with Crippen molar-refractivity contribution in [3.05, 3.63) is 43.5 Å².